The molecule has 1 fully saturated rings. The molecule has 1 N–H and O–H groups in total. The predicted octanol–water partition coefficient (Wildman–Crippen LogP) is 0.202. The Morgan fingerprint density at radius 2 is 2.00 bits per heavy atom. The summed E-state index contributed by atoms with van der Waals surface area (Å²) in [5, 5.41) is 2.50. The van der Waals surface area contributed by atoms with Crippen LogP contribution in [0.2, 0.25) is 0 Å². The smallest absolute Gasteiger partial charge is 1.00 e. The van der Waals surface area contributed by atoms with E-state index in [2.05, 4.69) is 22.2 Å². The van der Waals surface area contributed by atoms with E-state index in [-0.39, 0.29) is 31.3 Å². The van der Waals surface area contributed by atoms with Crippen molar-refractivity contribution in [2.24, 2.45) is 0 Å². The molecule has 0 unspecified atom stereocenters. The SMILES string of the molecule is CN1CCC(Oc2cccc(NC(=O)c3ccc(F)cc3F)n2)CC1.[Cl-].[H+]. The number of carbonyl (C=O) groups is 1. The summed E-state index contributed by atoms with van der Waals surface area (Å²) in [6, 6.07) is 7.80. The highest BCUT2D eigenvalue weighted by atomic mass is 35.5. The molecular formula is C18H20ClF2N3O2. The van der Waals surface area contributed by atoms with E-state index in [0.717, 1.165) is 38.1 Å². The fraction of sp³-hybridized carbons (Fsp3) is 0.333. The summed E-state index contributed by atoms with van der Waals surface area (Å²) in [5.41, 5.74) is -0.246. The van der Waals surface area contributed by atoms with E-state index in [1.54, 1.807) is 18.2 Å². The summed E-state index contributed by atoms with van der Waals surface area (Å²) < 4.78 is 32.5. The van der Waals surface area contributed by atoms with Crippen molar-refractivity contribution in [2.75, 3.05) is 25.5 Å². The van der Waals surface area contributed by atoms with Crippen LogP contribution in [0.1, 0.15) is 24.6 Å². The van der Waals surface area contributed by atoms with Gasteiger partial charge in [-0.25, -0.2) is 8.78 Å². The fourth-order valence-electron chi connectivity index (χ4n) is 2.68. The quantitative estimate of drug-likeness (QED) is 0.819. The van der Waals surface area contributed by atoms with Gasteiger partial charge in [-0.05, 0) is 38.1 Å². The van der Waals surface area contributed by atoms with E-state index in [0.29, 0.717) is 11.9 Å². The molecule has 1 aliphatic rings. The molecule has 3 rings (SSSR count). The van der Waals surface area contributed by atoms with Gasteiger partial charge in [-0.2, -0.15) is 4.98 Å². The molecule has 1 aliphatic heterocycles. The van der Waals surface area contributed by atoms with Crippen molar-refractivity contribution >= 4 is 11.7 Å². The maximum atomic E-state index is 13.7. The van der Waals surface area contributed by atoms with Crippen LogP contribution in [0.25, 0.3) is 0 Å². The van der Waals surface area contributed by atoms with Gasteiger partial charge >= 0.3 is 1.43 Å². The highest BCUT2D eigenvalue weighted by molar-refractivity contribution is 6.03. The third kappa shape index (κ3) is 5.12. The Kier molecular flexibility index (Phi) is 6.88. The molecule has 140 valence electrons. The molecule has 0 spiro atoms. The number of hydrogen-bond donors (Lipinski definition) is 1. The Bertz CT molecular complexity index is 774. The van der Waals surface area contributed by atoms with Gasteiger partial charge in [-0.1, -0.05) is 6.07 Å². The highest BCUT2D eigenvalue weighted by Gasteiger charge is 2.19. The van der Waals surface area contributed by atoms with Gasteiger partial charge in [-0.3, -0.25) is 4.79 Å². The second kappa shape index (κ2) is 8.91. The molecule has 2 aromatic rings. The second-order valence-corrected chi connectivity index (χ2v) is 6.06. The van der Waals surface area contributed by atoms with Crippen LogP contribution < -0.4 is 22.5 Å². The van der Waals surface area contributed by atoms with Crippen molar-refractivity contribution < 1.29 is 32.1 Å². The first kappa shape index (κ1) is 20.1. The minimum absolute atomic E-state index is 0. The lowest BCUT2D eigenvalue weighted by atomic mass is 10.1. The third-order valence-corrected chi connectivity index (χ3v) is 4.09. The number of nitrogens with one attached hydrogen (secondary N) is 1. The molecule has 1 amide bonds. The Morgan fingerprint density at radius 1 is 1.27 bits per heavy atom. The van der Waals surface area contributed by atoms with Crippen molar-refractivity contribution in [3.05, 3.63) is 53.6 Å². The number of benzene rings is 1. The standard InChI is InChI=1S/C18H19F2N3O2.ClH/c1-23-9-7-13(8-10-23)25-17-4-2-3-16(21-17)22-18(24)14-6-5-12(19)11-15(14)20;/h2-6,11,13H,7-10H2,1H3,(H,21,22,24);1H. The van der Waals surface area contributed by atoms with E-state index in [9.17, 15) is 13.6 Å². The van der Waals surface area contributed by atoms with E-state index < -0.39 is 17.5 Å². The number of aromatic nitrogens is 1. The van der Waals surface area contributed by atoms with Gasteiger partial charge in [0.05, 0.1) is 5.56 Å². The average Bonchev–Trinajstić information content (AvgIpc) is 2.57. The van der Waals surface area contributed by atoms with Gasteiger partial charge in [0, 0.05) is 25.2 Å². The summed E-state index contributed by atoms with van der Waals surface area (Å²) >= 11 is 0. The van der Waals surface area contributed by atoms with Crippen LogP contribution in [0.15, 0.2) is 36.4 Å². The third-order valence-electron chi connectivity index (χ3n) is 4.09. The number of nitrogens with zero attached hydrogens (tertiary/aromatic N) is 2. The average molecular weight is 384 g/mol. The zero-order valence-corrected chi connectivity index (χ0v) is 15.0. The zero-order valence-electron chi connectivity index (χ0n) is 15.2. The minimum Gasteiger partial charge on any atom is -1.00 e. The number of likely N-dealkylation sites (tertiary alicyclic amines) is 1. The van der Waals surface area contributed by atoms with Crippen molar-refractivity contribution in [3.8, 4) is 5.88 Å². The molecule has 26 heavy (non-hydrogen) atoms. The molecule has 1 aromatic carbocycles. The van der Waals surface area contributed by atoms with E-state index >= 15 is 0 Å². The Balaban J connectivity index is 0.00000182. The van der Waals surface area contributed by atoms with Gasteiger partial charge in [-0.15, -0.1) is 0 Å². The number of carbonyl (C=O) groups excluding carboxylic acids is 1. The number of hydrogen-bond acceptors (Lipinski definition) is 4. The summed E-state index contributed by atoms with van der Waals surface area (Å²) in [6.07, 6.45) is 1.91. The lowest BCUT2D eigenvalue weighted by Gasteiger charge is -2.28. The van der Waals surface area contributed by atoms with Gasteiger partial charge < -0.3 is 27.4 Å². The number of rotatable bonds is 4. The summed E-state index contributed by atoms with van der Waals surface area (Å²) in [5.74, 6) is -1.69. The number of amides is 1. The number of halogens is 3. The fourth-order valence-corrected chi connectivity index (χ4v) is 2.68. The van der Waals surface area contributed by atoms with Crippen LogP contribution in [0.4, 0.5) is 14.6 Å². The van der Waals surface area contributed by atoms with Gasteiger partial charge in [0.1, 0.15) is 23.6 Å². The molecule has 5 nitrogen and oxygen atoms in total. The van der Waals surface area contributed by atoms with E-state index in [1.165, 1.54) is 0 Å². The lowest BCUT2D eigenvalue weighted by molar-refractivity contribution is -0.0000159. The number of ether oxygens (including phenoxy) is 1. The first-order valence-corrected chi connectivity index (χ1v) is 8.10. The van der Waals surface area contributed by atoms with Crippen LogP contribution >= 0.6 is 0 Å². The molecule has 0 atom stereocenters. The second-order valence-electron chi connectivity index (χ2n) is 6.06. The Labute approximate surface area is 158 Å². The first-order valence-electron chi connectivity index (χ1n) is 8.10. The summed E-state index contributed by atoms with van der Waals surface area (Å²) in [6.45, 7) is 1.93. The van der Waals surface area contributed by atoms with Crippen LogP contribution in [0, 0.1) is 11.6 Å². The largest absolute Gasteiger partial charge is 1.00 e. The van der Waals surface area contributed by atoms with Crippen molar-refractivity contribution in [1.82, 2.24) is 9.88 Å². The summed E-state index contributed by atoms with van der Waals surface area (Å²) in [4.78, 5) is 18.6. The number of anilines is 1. The first-order chi connectivity index (χ1) is 12.0. The molecular weight excluding hydrogens is 364 g/mol. The highest BCUT2D eigenvalue weighted by Crippen LogP contribution is 2.19. The van der Waals surface area contributed by atoms with Gasteiger partial charge in [0.25, 0.3) is 5.91 Å². The lowest BCUT2D eigenvalue weighted by Crippen LogP contribution is -3.00. The van der Waals surface area contributed by atoms with Gasteiger partial charge in [0.2, 0.25) is 5.88 Å². The number of pyridine rings is 1. The molecule has 1 saturated heterocycles. The summed E-state index contributed by atoms with van der Waals surface area (Å²) in [7, 11) is 2.07. The Hall–Kier alpha value is -2.25. The zero-order chi connectivity index (χ0) is 17.8. The molecule has 8 heteroatoms. The predicted molar refractivity (Wildman–Crippen MR) is 90.8 cm³/mol. The molecule has 1 aromatic heterocycles. The molecule has 0 radical (unpaired) electrons. The van der Waals surface area contributed by atoms with E-state index in [1.807, 2.05) is 0 Å². The van der Waals surface area contributed by atoms with Gasteiger partial charge in [0.15, 0.2) is 0 Å². The maximum Gasteiger partial charge on any atom is 1.00 e. The monoisotopic (exact) mass is 383 g/mol. The van der Waals surface area contributed by atoms with Crippen molar-refractivity contribution in [2.45, 2.75) is 18.9 Å². The van der Waals surface area contributed by atoms with Crippen molar-refractivity contribution in [1.29, 1.82) is 0 Å². The Morgan fingerprint density at radius 3 is 2.69 bits per heavy atom. The normalized spacial score (nSPS) is 15.2. The minimum atomic E-state index is -0.920. The molecule has 0 aliphatic carbocycles. The van der Waals surface area contributed by atoms with Crippen LogP contribution in [-0.4, -0.2) is 42.0 Å². The molecule has 0 saturated carbocycles. The molecule has 0 bridgehead atoms. The van der Waals surface area contributed by atoms with Crippen LogP contribution in [0.3, 0.4) is 0 Å². The van der Waals surface area contributed by atoms with E-state index in [4.69, 9.17) is 4.74 Å². The molecule has 2 heterocycles. The maximum absolute atomic E-state index is 13.7. The topological polar surface area (TPSA) is 54.5 Å². The van der Waals surface area contributed by atoms with Crippen LogP contribution in [0.5, 0.6) is 5.88 Å². The number of piperidine rings is 1. The van der Waals surface area contributed by atoms with Crippen molar-refractivity contribution in [3.63, 3.8) is 0 Å². The van der Waals surface area contributed by atoms with Crippen LogP contribution in [-0.2, 0) is 0 Å².